The first-order valence-electron chi connectivity index (χ1n) is 8.48. The number of pyridine rings is 1. The predicted octanol–water partition coefficient (Wildman–Crippen LogP) is 1.91. The van der Waals surface area contributed by atoms with Crippen molar-refractivity contribution in [2.75, 3.05) is 5.73 Å². The highest BCUT2D eigenvalue weighted by molar-refractivity contribution is 6.40. The van der Waals surface area contributed by atoms with Crippen molar-refractivity contribution in [2.45, 2.75) is 26.0 Å². The summed E-state index contributed by atoms with van der Waals surface area (Å²) in [5.74, 6) is 4.94. The Bertz CT molecular complexity index is 1070. The van der Waals surface area contributed by atoms with Crippen LogP contribution in [0.15, 0.2) is 46.5 Å². The number of hydrogen-bond acceptors (Lipinski definition) is 8. The molecule has 3 aromatic rings. The topological polar surface area (TPSA) is 136 Å². The minimum atomic E-state index is -1.06. The van der Waals surface area contributed by atoms with Crippen LogP contribution in [-0.2, 0) is 12.1 Å². The third kappa shape index (κ3) is 4.09. The maximum absolute atomic E-state index is 14.3. The lowest BCUT2D eigenvalue weighted by Crippen LogP contribution is -2.18. The number of aromatic nitrogens is 3. The molecule has 0 fully saturated rings. The highest BCUT2D eigenvalue weighted by atomic mass is 19.1. The van der Waals surface area contributed by atoms with Gasteiger partial charge in [0.2, 0.25) is 5.95 Å². The van der Waals surface area contributed by atoms with Crippen molar-refractivity contribution in [3.8, 4) is 0 Å². The number of anilines is 1. The molecule has 0 atom stereocenters. The molecule has 144 valence electrons. The maximum Gasteiger partial charge on any atom is 0.221 e. The molecular weight excluding hydrogens is 361 g/mol. The highest BCUT2D eigenvalue weighted by Crippen LogP contribution is 2.21. The second-order valence-corrected chi connectivity index (χ2v) is 6.62. The Morgan fingerprint density at radius 3 is 2.64 bits per heavy atom. The van der Waals surface area contributed by atoms with Crippen LogP contribution in [0.4, 0.5) is 10.3 Å². The molecule has 0 saturated carbocycles. The number of nitrogens with zero attached hydrogens (tertiary/aromatic N) is 5. The SMILES string of the molecule is CC(C)(O)c1cccc(CN=C/C(=N\N)c2nc(N)nc3cccc(F)c23)n1. The summed E-state index contributed by atoms with van der Waals surface area (Å²) in [6.45, 7) is 3.52. The lowest BCUT2D eigenvalue weighted by atomic mass is 10.0. The number of nitrogen functional groups attached to an aromatic ring is 1. The van der Waals surface area contributed by atoms with Gasteiger partial charge in [-0.2, -0.15) is 5.10 Å². The Hall–Kier alpha value is -3.46. The number of aliphatic imine (C=N–C) groups is 1. The van der Waals surface area contributed by atoms with E-state index in [0.29, 0.717) is 16.9 Å². The Balaban J connectivity index is 1.91. The molecule has 9 heteroatoms. The van der Waals surface area contributed by atoms with Crippen LogP contribution in [0, 0.1) is 5.82 Å². The summed E-state index contributed by atoms with van der Waals surface area (Å²) in [5, 5.41) is 13.9. The molecule has 0 unspecified atom stereocenters. The van der Waals surface area contributed by atoms with Gasteiger partial charge in [-0.15, -0.1) is 0 Å². The molecule has 0 aliphatic heterocycles. The summed E-state index contributed by atoms with van der Waals surface area (Å²) < 4.78 is 14.3. The zero-order chi connectivity index (χ0) is 20.3. The van der Waals surface area contributed by atoms with E-state index in [9.17, 15) is 9.50 Å². The molecule has 0 saturated heterocycles. The van der Waals surface area contributed by atoms with E-state index in [0.717, 1.165) is 0 Å². The van der Waals surface area contributed by atoms with E-state index in [1.807, 2.05) is 0 Å². The molecule has 2 heterocycles. The van der Waals surface area contributed by atoms with Crippen LogP contribution < -0.4 is 11.6 Å². The Morgan fingerprint density at radius 1 is 1.18 bits per heavy atom. The van der Waals surface area contributed by atoms with E-state index in [-0.39, 0.29) is 29.3 Å². The summed E-state index contributed by atoms with van der Waals surface area (Å²) in [4.78, 5) is 16.8. The van der Waals surface area contributed by atoms with Gasteiger partial charge in [-0.1, -0.05) is 12.1 Å². The first-order chi connectivity index (χ1) is 13.3. The van der Waals surface area contributed by atoms with Gasteiger partial charge in [0.15, 0.2) is 0 Å². The number of halogens is 1. The second-order valence-electron chi connectivity index (χ2n) is 6.62. The van der Waals surface area contributed by atoms with Crippen LogP contribution in [0.1, 0.15) is 30.9 Å². The minimum Gasteiger partial charge on any atom is -0.384 e. The van der Waals surface area contributed by atoms with Gasteiger partial charge in [0.25, 0.3) is 0 Å². The van der Waals surface area contributed by atoms with Gasteiger partial charge in [0.05, 0.1) is 35.1 Å². The molecular formula is C19H20FN7O. The maximum atomic E-state index is 14.3. The van der Waals surface area contributed by atoms with Crippen molar-refractivity contribution >= 4 is 28.8 Å². The second kappa shape index (κ2) is 7.65. The fourth-order valence-electron chi connectivity index (χ4n) is 2.63. The fourth-order valence-corrected chi connectivity index (χ4v) is 2.63. The van der Waals surface area contributed by atoms with Gasteiger partial charge in [-0.05, 0) is 38.1 Å². The molecule has 1 aromatic carbocycles. The van der Waals surface area contributed by atoms with E-state index in [4.69, 9.17) is 11.6 Å². The van der Waals surface area contributed by atoms with E-state index in [1.165, 1.54) is 18.3 Å². The Kier molecular flexibility index (Phi) is 5.27. The third-order valence-electron chi connectivity index (χ3n) is 3.97. The van der Waals surface area contributed by atoms with E-state index < -0.39 is 11.4 Å². The number of fused-ring (bicyclic) bond motifs is 1. The number of hydrazone groups is 1. The number of nitrogens with two attached hydrogens (primary N) is 2. The van der Waals surface area contributed by atoms with E-state index in [1.54, 1.807) is 38.1 Å². The first kappa shape index (κ1) is 19.3. The number of rotatable bonds is 5. The zero-order valence-electron chi connectivity index (χ0n) is 15.5. The molecule has 8 nitrogen and oxygen atoms in total. The largest absolute Gasteiger partial charge is 0.384 e. The highest BCUT2D eigenvalue weighted by Gasteiger charge is 2.18. The molecule has 0 aliphatic rings. The predicted molar refractivity (Wildman–Crippen MR) is 106 cm³/mol. The summed E-state index contributed by atoms with van der Waals surface area (Å²) >= 11 is 0. The van der Waals surface area contributed by atoms with Crippen LogP contribution >= 0.6 is 0 Å². The van der Waals surface area contributed by atoms with Crippen molar-refractivity contribution in [2.24, 2.45) is 15.9 Å². The lowest BCUT2D eigenvalue weighted by Gasteiger charge is -2.16. The molecule has 0 amide bonds. The molecule has 0 radical (unpaired) electrons. The van der Waals surface area contributed by atoms with Gasteiger partial charge in [0.1, 0.15) is 22.8 Å². The van der Waals surface area contributed by atoms with Gasteiger partial charge in [0, 0.05) is 0 Å². The van der Waals surface area contributed by atoms with Crippen molar-refractivity contribution in [3.05, 3.63) is 59.3 Å². The summed E-state index contributed by atoms with van der Waals surface area (Å²) in [6.07, 6.45) is 1.38. The molecule has 3 rings (SSSR count). The molecule has 5 N–H and O–H groups in total. The monoisotopic (exact) mass is 381 g/mol. The molecule has 0 aliphatic carbocycles. The van der Waals surface area contributed by atoms with Crippen molar-refractivity contribution in [3.63, 3.8) is 0 Å². The third-order valence-corrected chi connectivity index (χ3v) is 3.97. The molecule has 28 heavy (non-hydrogen) atoms. The fraction of sp³-hybridized carbons (Fsp3) is 0.211. The average molecular weight is 381 g/mol. The van der Waals surface area contributed by atoms with E-state index in [2.05, 4.69) is 25.0 Å². The van der Waals surface area contributed by atoms with E-state index >= 15 is 0 Å². The quantitative estimate of drug-likeness (QED) is 0.351. The molecule has 0 spiro atoms. The lowest BCUT2D eigenvalue weighted by molar-refractivity contribution is 0.0736. The van der Waals surface area contributed by atoms with Crippen LogP contribution in [0.2, 0.25) is 0 Å². The van der Waals surface area contributed by atoms with Gasteiger partial charge in [-0.3, -0.25) is 9.98 Å². The smallest absolute Gasteiger partial charge is 0.221 e. The minimum absolute atomic E-state index is 0.0257. The van der Waals surface area contributed by atoms with Crippen LogP contribution in [0.5, 0.6) is 0 Å². The van der Waals surface area contributed by atoms with Crippen LogP contribution in [0.3, 0.4) is 0 Å². The van der Waals surface area contributed by atoms with Gasteiger partial charge in [-0.25, -0.2) is 14.4 Å². The standard InChI is InChI=1S/C19H20FN7O/c1-19(2,28)15-8-3-5-11(24-15)9-23-10-14(27-22)17-16-12(20)6-4-7-13(16)25-18(21)26-17/h3-8,10,28H,9,22H2,1-2H3,(H2,21,25,26)/b23-10?,27-14+. The average Bonchev–Trinajstić information content (AvgIpc) is 2.64. The van der Waals surface area contributed by atoms with Crippen molar-refractivity contribution < 1.29 is 9.50 Å². The number of hydrogen-bond donors (Lipinski definition) is 3. The Morgan fingerprint density at radius 2 is 1.93 bits per heavy atom. The van der Waals surface area contributed by atoms with Gasteiger partial charge >= 0.3 is 0 Å². The Labute approximate surface area is 160 Å². The number of benzene rings is 1. The van der Waals surface area contributed by atoms with Crippen molar-refractivity contribution in [1.82, 2.24) is 15.0 Å². The molecule has 0 bridgehead atoms. The summed E-state index contributed by atoms with van der Waals surface area (Å²) in [7, 11) is 0. The van der Waals surface area contributed by atoms with Crippen LogP contribution in [-0.4, -0.2) is 32.0 Å². The van der Waals surface area contributed by atoms with Gasteiger partial charge < -0.3 is 16.7 Å². The molecule has 2 aromatic heterocycles. The summed E-state index contributed by atoms with van der Waals surface area (Å²) in [6, 6.07) is 9.75. The number of aliphatic hydroxyl groups is 1. The normalized spacial score (nSPS) is 12.8. The first-order valence-corrected chi connectivity index (χ1v) is 8.48. The van der Waals surface area contributed by atoms with Crippen LogP contribution in [0.25, 0.3) is 10.9 Å². The zero-order valence-corrected chi connectivity index (χ0v) is 15.5. The van der Waals surface area contributed by atoms with Crippen molar-refractivity contribution in [1.29, 1.82) is 0 Å². The summed E-state index contributed by atoms with van der Waals surface area (Å²) in [5.41, 5.74) is 6.50.